The highest BCUT2D eigenvalue weighted by Crippen LogP contribution is 2.17. The summed E-state index contributed by atoms with van der Waals surface area (Å²) >= 11 is 0. The first-order valence-corrected chi connectivity index (χ1v) is 7.25. The van der Waals surface area contributed by atoms with Crippen LogP contribution in [0.15, 0.2) is 58.7 Å². The molecular formula is C17H18N4O3. The third-order valence-electron chi connectivity index (χ3n) is 2.84. The SMILES string of the molecule is CCO/N=C/c1cccc(OC(=O)c2ccc(N=C(N)N)cc2)c1. The molecule has 24 heavy (non-hydrogen) atoms. The van der Waals surface area contributed by atoms with Crippen LogP contribution < -0.4 is 16.2 Å². The van der Waals surface area contributed by atoms with E-state index in [1.165, 1.54) is 0 Å². The fraction of sp³-hybridized carbons (Fsp3) is 0.118. The second-order valence-corrected chi connectivity index (χ2v) is 4.70. The molecule has 7 nitrogen and oxygen atoms in total. The summed E-state index contributed by atoms with van der Waals surface area (Å²) in [6, 6.07) is 13.4. The van der Waals surface area contributed by atoms with Crippen LogP contribution in [0.4, 0.5) is 5.69 Å². The molecule has 0 aromatic heterocycles. The number of ether oxygens (including phenoxy) is 1. The summed E-state index contributed by atoms with van der Waals surface area (Å²) in [6.45, 7) is 2.33. The van der Waals surface area contributed by atoms with Gasteiger partial charge in [0, 0.05) is 0 Å². The van der Waals surface area contributed by atoms with Gasteiger partial charge in [-0.05, 0) is 48.9 Å². The summed E-state index contributed by atoms with van der Waals surface area (Å²) in [4.78, 5) is 20.9. The van der Waals surface area contributed by atoms with E-state index in [1.807, 2.05) is 13.0 Å². The van der Waals surface area contributed by atoms with Crippen molar-refractivity contribution in [1.29, 1.82) is 0 Å². The molecular weight excluding hydrogens is 308 g/mol. The molecule has 0 aliphatic carbocycles. The van der Waals surface area contributed by atoms with Crippen molar-refractivity contribution in [1.82, 2.24) is 0 Å². The van der Waals surface area contributed by atoms with E-state index in [0.29, 0.717) is 23.6 Å². The van der Waals surface area contributed by atoms with E-state index in [0.717, 1.165) is 5.56 Å². The number of carbonyl (C=O) groups is 1. The van der Waals surface area contributed by atoms with Crippen molar-refractivity contribution in [3.05, 3.63) is 59.7 Å². The van der Waals surface area contributed by atoms with Gasteiger partial charge in [-0.25, -0.2) is 9.79 Å². The van der Waals surface area contributed by atoms with Crippen LogP contribution in [0.3, 0.4) is 0 Å². The number of nitrogens with two attached hydrogens (primary N) is 2. The second kappa shape index (κ2) is 8.33. The summed E-state index contributed by atoms with van der Waals surface area (Å²) < 4.78 is 5.34. The van der Waals surface area contributed by atoms with Gasteiger partial charge in [0.05, 0.1) is 17.5 Å². The van der Waals surface area contributed by atoms with Crippen molar-refractivity contribution in [3.8, 4) is 5.75 Å². The first kappa shape index (κ1) is 17.0. The number of hydrogen-bond donors (Lipinski definition) is 2. The maximum atomic E-state index is 12.2. The van der Waals surface area contributed by atoms with E-state index < -0.39 is 5.97 Å². The first-order valence-electron chi connectivity index (χ1n) is 7.25. The van der Waals surface area contributed by atoms with Gasteiger partial charge < -0.3 is 21.0 Å². The molecule has 0 spiro atoms. The Morgan fingerprint density at radius 2 is 1.92 bits per heavy atom. The number of nitrogens with zero attached hydrogens (tertiary/aromatic N) is 2. The minimum atomic E-state index is -0.481. The normalized spacial score (nSPS) is 10.4. The quantitative estimate of drug-likeness (QED) is 0.278. The van der Waals surface area contributed by atoms with Gasteiger partial charge in [-0.1, -0.05) is 17.3 Å². The Hall–Kier alpha value is -3.35. The fourth-order valence-corrected chi connectivity index (χ4v) is 1.82. The smallest absolute Gasteiger partial charge is 0.343 e. The molecule has 0 heterocycles. The summed E-state index contributed by atoms with van der Waals surface area (Å²) in [5.41, 5.74) is 12.3. The predicted octanol–water partition coefficient (Wildman–Crippen LogP) is 2.18. The van der Waals surface area contributed by atoms with Gasteiger partial charge in [-0.15, -0.1) is 0 Å². The monoisotopic (exact) mass is 326 g/mol. The van der Waals surface area contributed by atoms with Crippen LogP contribution in [0.5, 0.6) is 5.75 Å². The summed E-state index contributed by atoms with van der Waals surface area (Å²) in [7, 11) is 0. The number of rotatable bonds is 6. The molecule has 0 bridgehead atoms. The van der Waals surface area contributed by atoms with Crippen molar-refractivity contribution >= 4 is 23.8 Å². The van der Waals surface area contributed by atoms with Crippen LogP contribution in [0, 0.1) is 0 Å². The largest absolute Gasteiger partial charge is 0.423 e. The average molecular weight is 326 g/mol. The Morgan fingerprint density at radius 3 is 2.58 bits per heavy atom. The van der Waals surface area contributed by atoms with Crippen molar-refractivity contribution < 1.29 is 14.4 Å². The second-order valence-electron chi connectivity index (χ2n) is 4.70. The number of esters is 1. The molecule has 4 N–H and O–H groups in total. The predicted molar refractivity (Wildman–Crippen MR) is 92.5 cm³/mol. The molecule has 124 valence electrons. The molecule has 0 saturated heterocycles. The van der Waals surface area contributed by atoms with E-state index in [2.05, 4.69) is 10.1 Å². The standard InChI is InChI=1S/C17H18N4O3/c1-2-23-20-11-12-4-3-5-15(10-12)24-16(22)13-6-8-14(9-7-13)21-17(18)19/h3-11H,2H2,1H3,(H4,18,19,21)/b20-11+. The zero-order chi connectivity index (χ0) is 17.4. The van der Waals surface area contributed by atoms with E-state index in [1.54, 1.807) is 48.7 Å². The van der Waals surface area contributed by atoms with Gasteiger partial charge in [-0.2, -0.15) is 0 Å². The molecule has 2 aromatic rings. The van der Waals surface area contributed by atoms with Crippen LogP contribution in [0.25, 0.3) is 0 Å². The molecule has 0 aliphatic heterocycles. The summed E-state index contributed by atoms with van der Waals surface area (Å²) in [5.74, 6) is -0.116. The van der Waals surface area contributed by atoms with Gasteiger partial charge in [0.25, 0.3) is 0 Å². The van der Waals surface area contributed by atoms with Crippen LogP contribution in [0.2, 0.25) is 0 Å². The molecule has 0 fully saturated rings. The number of hydrogen-bond acceptors (Lipinski definition) is 5. The van der Waals surface area contributed by atoms with Gasteiger partial charge >= 0.3 is 5.97 Å². The lowest BCUT2D eigenvalue weighted by Crippen LogP contribution is -2.21. The highest BCUT2D eigenvalue weighted by atomic mass is 16.6. The highest BCUT2D eigenvalue weighted by molar-refractivity contribution is 5.92. The van der Waals surface area contributed by atoms with Gasteiger partial charge in [0.2, 0.25) is 0 Å². The van der Waals surface area contributed by atoms with E-state index in [-0.39, 0.29) is 5.96 Å². The van der Waals surface area contributed by atoms with Crippen molar-refractivity contribution in [3.63, 3.8) is 0 Å². The number of oxime groups is 1. The van der Waals surface area contributed by atoms with Gasteiger partial charge in [0.15, 0.2) is 5.96 Å². The summed E-state index contributed by atoms with van der Waals surface area (Å²) in [5, 5.41) is 3.77. The van der Waals surface area contributed by atoms with Gasteiger partial charge in [-0.3, -0.25) is 0 Å². The number of carbonyl (C=O) groups excluding carboxylic acids is 1. The lowest BCUT2D eigenvalue weighted by Gasteiger charge is -2.05. The lowest BCUT2D eigenvalue weighted by atomic mass is 10.2. The Balaban J connectivity index is 2.06. The fourth-order valence-electron chi connectivity index (χ4n) is 1.82. The van der Waals surface area contributed by atoms with Crippen LogP contribution in [0.1, 0.15) is 22.8 Å². The van der Waals surface area contributed by atoms with Crippen LogP contribution >= 0.6 is 0 Å². The van der Waals surface area contributed by atoms with E-state index >= 15 is 0 Å². The zero-order valence-electron chi connectivity index (χ0n) is 13.2. The molecule has 0 unspecified atom stereocenters. The Labute approximate surface area is 139 Å². The molecule has 7 heteroatoms. The van der Waals surface area contributed by atoms with E-state index in [4.69, 9.17) is 21.0 Å². The maximum absolute atomic E-state index is 12.2. The number of benzene rings is 2. The molecule has 0 atom stereocenters. The third-order valence-corrected chi connectivity index (χ3v) is 2.84. The lowest BCUT2D eigenvalue weighted by molar-refractivity contribution is 0.0735. The molecule has 0 aliphatic rings. The molecule has 0 saturated carbocycles. The maximum Gasteiger partial charge on any atom is 0.343 e. The van der Waals surface area contributed by atoms with Crippen LogP contribution in [-0.4, -0.2) is 24.8 Å². The van der Waals surface area contributed by atoms with Gasteiger partial charge in [0.1, 0.15) is 12.4 Å². The minimum Gasteiger partial charge on any atom is -0.423 e. The zero-order valence-corrected chi connectivity index (χ0v) is 13.2. The highest BCUT2D eigenvalue weighted by Gasteiger charge is 2.08. The van der Waals surface area contributed by atoms with Crippen LogP contribution in [-0.2, 0) is 4.84 Å². The third kappa shape index (κ3) is 5.13. The van der Waals surface area contributed by atoms with Crippen molar-refractivity contribution in [2.24, 2.45) is 21.6 Å². The number of aliphatic imine (C=N–C) groups is 1. The minimum absolute atomic E-state index is 0.0455. The number of guanidine groups is 1. The van der Waals surface area contributed by atoms with E-state index in [9.17, 15) is 4.79 Å². The molecule has 2 rings (SSSR count). The Morgan fingerprint density at radius 1 is 1.17 bits per heavy atom. The average Bonchev–Trinajstić information content (AvgIpc) is 2.55. The molecule has 0 radical (unpaired) electrons. The van der Waals surface area contributed by atoms with Crippen molar-refractivity contribution in [2.75, 3.05) is 6.61 Å². The molecule has 2 aromatic carbocycles. The summed E-state index contributed by atoms with van der Waals surface area (Å²) in [6.07, 6.45) is 1.55. The van der Waals surface area contributed by atoms with Crippen molar-refractivity contribution in [2.45, 2.75) is 6.92 Å². The molecule has 0 amide bonds. The topological polar surface area (TPSA) is 112 Å². The Bertz CT molecular complexity index is 751. The Kier molecular flexibility index (Phi) is 5.90. The first-order chi connectivity index (χ1) is 11.6.